The second kappa shape index (κ2) is 3.30. The minimum absolute atomic E-state index is 0.0129. The van der Waals surface area contributed by atoms with E-state index in [2.05, 4.69) is 30.7 Å². The molecule has 0 unspecified atom stereocenters. The number of nitrogens with two attached hydrogens (primary N) is 2. The molecule has 4 heteroatoms. The summed E-state index contributed by atoms with van der Waals surface area (Å²) in [7, 11) is 0. The smallest absolute Gasteiger partial charge is 0.220 e. The van der Waals surface area contributed by atoms with Gasteiger partial charge in [0.05, 0.1) is 11.4 Å². The molecule has 0 atom stereocenters. The fourth-order valence-electron chi connectivity index (χ4n) is 1.01. The molecule has 4 nitrogen and oxygen atoms in total. The first kappa shape index (κ1) is 9.92. The highest BCUT2D eigenvalue weighted by molar-refractivity contribution is 5.26. The maximum atomic E-state index is 5.55. The van der Waals surface area contributed by atoms with Crippen molar-refractivity contribution in [3.63, 3.8) is 0 Å². The van der Waals surface area contributed by atoms with Crippen LogP contribution in [0.25, 0.3) is 0 Å². The van der Waals surface area contributed by atoms with E-state index in [0.29, 0.717) is 12.5 Å². The summed E-state index contributed by atoms with van der Waals surface area (Å²) >= 11 is 0. The molecule has 1 aromatic heterocycles. The zero-order valence-corrected chi connectivity index (χ0v) is 8.33. The van der Waals surface area contributed by atoms with Gasteiger partial charge in [-0.3, -0.25) is 0 Å². The minimum atomic E-state index is -0.0129. The van der Waals surface area contributed by atoms with Crippen LogP contribution < -0.4 is 11.5 Å². The van der Waals surface area contributed by atoms with Crippen LogP contribution in [0.3, 0.4) is 0 Å². The third-order valence-electron chi connectivity index (χ3n) is 1.77. The van der Waals surface area contributed by atoms with Gasteiger partial charge in [-0.2, -0.15) is 0 Å². The average molecular weight is 180 g/mol. The molecule has 4 N–H and O–H groups in total. The van der Waals surface area contributed by atoms with E-state index < -0.39 is 0 Å². The molecule has 0 aliphatic heterocycles. The third-order valence-corrected chi connectivity index (χ3v) is 1.77. The number of rotatable bonds is 1. The number of anilines is 1. The first-order valence-corrected chi connectivity index (χ1v) is 4.27. The van der Waals surface area contributed by atoms with Crippen LogP contribution >= 0.6 is 0 Å². The van der Waals surface area contributed by atoms with Gasteiger partial charge in [-0.25, -0.2) is 9.97 Å². The quantitative estimate of drug-likeness (QED) is 0.670. The summed E-state index contributed by atoms with van der Waals surface area (Å²) in [6, 6.07) is 1.90. The van der Waals surface area contributed by atoms with E-state index in [1.807, 2.05) is 6.07 Å². The maximum absolute atomic E-state index is 5.55. The Morgan fingerprint density at radius 3 is 2.38 bits per heavy atom. The molecular formula is C9H16N4. The Labute approximate surface area is 78.4 Å². The van der Waals surface area contributed by atoms with Gasteiger partial charge in [-0.1, -0.05) is 20.8 Å². The first-order chi connectivity index (χ1) is 5.93. The maximum Gasteiger partial charge on any atom is 0.220 e. The largest absolute Gasteiger partial charge is 0.368 e. The summed E-state index contributed by atoms with van der Waals surface area (Å²) in [6.07, 6.45) is 0. The Balaban J connectivity index is 3.16. The van der Waals surface area contributed by atoms with Crippen molar-refractivity contribution >= 4 is 5.95 Å². The second-order valence-electron chi connectivity index (χ2n) is 4.06. The molecule has 1 rings (SSSR count). The van der Waals surface area contributed by atoms with Gasteiger partial charge >= 0.3 is 0 Å². The lowest BCUT2D eigenvalue weighted by atomic mass is 9.91. The van der Waals surface area contributed by atoms with Crippen LogP contribution in [-0.2, 0) is 12.0 Å². The summed E-state index contributed by atoms with van der Waals surface area (Å²) in [4.78, 5) is 8.17. The van der Waals surface area contributed by atoms with Crippen LogP contribution in [0.4, 0.5) is 5.95 Å². The molecule has 0 bridgehead atoms. The van der Waals surface area contributed by atoms with E-state index >= 15 is 0 Å². The molecule has 0 aliphatic carbocycles. The van der Waals surface area contributed by atoms with E-state index in [9.17, 15) is 0 Å². The number of nitrogens with zero attached hydrogens (tertiary/aromatic N) is 2. The van der Waals surface area contributed by atoms with Gasteiger partial charge in [-0.05, 0) is 6.07 Å². The lowest BCUT2D eigenvalue weighted by Gasteiger charge is -2.18. The van der Waals surface area contributed by atoms with Crippen molar-refractivity contribution < 1.29 is 0 Å². The summed E-state index contributed by atoms with van der Waals surface area (Å²) in [5, 5.41) is 0. The van der Waals surface area contributed by atoms with Crippen LogP contribution in [0.1, 0.15) is 32.2 Å². The lowest BCUT2D eigenvalue weighted by molar-refractivity contribution is 0.566. The molecule has 0 aliphatic rings. The standard InChI is InChI=1S/C9H16N4/c1-9(2,3)7-4-6(5-10)12-8(11)13-7/h4H,5,10H2,1-3H3,(H2,11,12,13). The molecule has 13 heavy (non-hydrogen) atoms. The van der Waals surface area contributed by atoms with Crippen LogP contribution in [0.2, 0.25) is 0 Å². The van der Waals surface area contributed by atoms with Crippen molar-refractivity contribution in [1.29, 1.82) is 0 Å². The molecule has 0 saturated carbocycles. The van der Waals surface area contributed by atoms with Crippen molar-refractivity contribution in [3.8, 4) is 0 Å². The van der Waals surface area contributed by atoms with Gasteiger partial charge < -0.3 is 11.5 Å². The highest BCUT2D eigenvalue weighted by atomic mass is 15.0. The number of hydrogen-bond acceptors (Lipinski definition) is 4. The number of aromatic nitrogens is 2. The van der Waals surface area contributed by atoms with Crippen LogP contribution in [-0.4, -0.2) is 9.97 Å². The second-order valence-corrected chi connectivity index (χ2v) is 4.06. The zero-order chi connectivity index (χ0) is 10.1. The van der Waals surface area contributed by atoms with Crippen molar-refractivity contribution in [2.75, 3.05) is 5.73 Å². The van der Waals surface area contributed by atoms with Gasteiger partial charge in [0.15, 0.2) is 0 Å². The zero-order valence-electron chi connectivity index (χ0n) is 8.33. The molecule has 0 saturated heterocycles. The fraction of sp³-hybridized carbons (Fsp3) is 0.556. The topological polar surface area (TPSA) is 77.8 Å². The molecule has 1 heterocycles. The van der Waals surface area contributed by atoms with E-state index in [1.54, 1.807) is 0 Å². The minimum Gasteiger partial charge on any atom is -0.368 e. The Morgan fingerprint density at radius 1 is 1.31 bits per heavy atom. The first-order valence-electron chi connectivity index (χ1n) is 4.27. The molecule has 0 fully saturated rings. The Bertz CT molecular complexity index is 301. The molecule has 0 aromatic carbocycles. The molecular weight excluding hydrogens is 164 g/mol. The summed E-state index contributed by atoms with van der Waals surface area (Å²) in [6.45, 7) is 6.63. The third kappa shape index (κ3) is 2.39. The number of nitrogen functional groups attached to an aromatic ring is 1. The normalized spacial score (nSPS) is 11.7. The van der Waals surface area contributed by atoms with E-state index in [0.717, 1.165) is 11.4 Å². The van der Waals surface area contributed by atoms with Gasteiger partial charge in [0, 0.05) is 12.0 Å². The molecule has 1 aromatic rings. The van der Waals surface area contributed by atoms with E-state index in [-0.39, 0.29) is 5.41 Å². The van der Waals surface area contributed by atoms with Crippen LogP contribution in [0, 0.1) is 0 Å². The number of hydrogen-bond donors (Lipinski definition) is 2. The molecule has 72 valence electrons. The summed E-state index contributed by atoms with van der Waals surface area (Å²) in [5.74, 6) is 0.299. The molecule has 0 amide bonds. The van der Waals surface area contributed by atoms with Crippen LogP contribution in [0.5, 0.6) is 0 Å². The van der Waals surface area contributed by atoms with Gasteiger partial charge in [0.2, 0.25) is 5.95 Å². The van der Waals surface area contributed by atoms with Gasteiger partial charge in [0.1, 0.15) is 0 Å². The van der Waals surface area contributed by atoms with E-state index in [1.165, 1.54) is 0 Å². The predicted octanol–water partition coefficient (Wildman–Crippen LogP) is 0.815. The highest BCUT2D eigenvalue weighted by Gasteiger charge is 2.16. The van der Waals surface area contributed by atoms with Crippen LogP contribution in [0.15, 0.2) is 6.07 Å². The van der Waals surface area contributed by atoms with Crippen molar-refractivity contribution in [2.24, 2.45) is 5.73 Å². The molecule has 0 spiro atoms. The Morgan fingerprint density at radius 2 is 1.92 bits per heavy atom. The lowest BCUT2D eigenvalue weighted by Crippen LogP contribution is -2.17. The molecule has 0 radical (unpaired) electrons. The van der Waals surface area contributed by atoms with Crippen molar-refractivity contribution in [2.45, 2.75) is 32.7 Å². The summed E-state index contributed by atoms with van der Waals surface area (Å²) in [5.41, 5.74) is 12.7. The monoisotopic (exact) mass is 180 g/mol. The fourth-order valence-corrected chi connectivity index (χ4v) is 1.01. The van der Waals surface area contributed by atoms with Crippen molar-refractivity contribution in [3.05, 3.63) is 17.5 Å². The van der Waals surface area contributed by atoms with E-state index in [4.69, 9.17) is 11.5 Å². The average Bonchev–Trinajstić information content (AvgIpc) is 2.01. The van der Waals surface area contributed by atoms with Gasteiger partial charge in [0.25, 0.3) is 0 Å². The Kier molecular flexibility index (Phi) is 2.52. The van der Waals surface area contributed by atoms with Crippen molar-refractivity contribution in [1.82, 2.24) is 9.97 Å². The summed E-state index contributed by atoms with van der Waals surface area (Å²) < 4.78 is 0. The Hall–Kier alpha value is -1.16. The highest BCUT2D eigenvalue weighted by Crippen LogP contribution is 2.20. The van der Waals surface area contributed by atoms with Gasteiger partial charge in [-0.15, -0.1) is 0 Å². The predicted molar refractivity (Wildman–Crippen MR) is 53.0 cm³/mol. The SMILES string of the molecule is CC(C)(C)c1cc(CN)nc(N)n1.